The smallest absolute Gasteiger partial charge is 0.220 e. The second-order valence-corrected chi connectivity index (χ2v) is 10.4. The van der Waals surface area contributed by atoms with Crippen molar-refractivity contribution in [3.8, 4) is 11.8 Å². The van der Waals surface area contributed by atoms with E-state index in [0.717, 1.165) is 54.1 Å². The number of hydrogen-bond acceptors (Lipinski definition) is 6. The number of aromatic nitrogens is 2. The third-order valence-electron chi connectivity index (χ3n) is 6.75. The highest BCUT2D eigenvalue weighted by Crippen LogP contribution is 2.30. The average Bonchev–Trinajstić information content (AvgIpc) is 3.21. The first-order valence-electron chi connectivity index (χ1n) is 12.8. The Morgan fingerprint density at radius 2 is 1.97 bits per heavy atom. The molecule has 1 aromatic carbocycles. The SMILES string of the molecule is C=CSCCNC(=O)CCc1cnc2c(C(=O)CN3CCCCC3)c(C)n(-c3ccc(C#N)cc3)c2c1. The lowest BCUT2D eigenvalue weighted by molar-refractivity contribution is -0.120. The molecule has 0 aliphatic carbocycles. The van der Waals surface area contributed by atoms with E-state index in [1.807, 2.05) is 29.7 Å². The number of piperidine rings is 1. The van der Waals surface area contributed by atoms with E-state index in [1.54, 1.807) is 35.5 Å². The van der Waals surface area contributed by atoms with Crippen molar-refractivity contribution in [2.24, 2.45) is 0 Å². The first kappa shape index (κ1) is 26.6. The minimum Gasteiger partial charge on any atom is -0.355 e. The van der Waals surface area contributed by atoms with Crippen molar-refractivity contribution in [1.82, 2.24) is 19.8 Å². The van der Waals surface area contributed by atoms with Crippen LogP contribution in [0, 0.1) is 18.3 Å². The lowest BCUT2D eigenvalue weighted by Gasteiger charge is -2.25. The largest absolute Gasteiger partial charge is 0.355 e. The number of thioether (sulfide) groups is 1. The summed E-state index contributed by atoms with van der Waals surface area (Å²) in [5, 5.41) is 13.9. The Morgan fingerprint density at radius 1 is 1.22 bits per heavy atom. The van der Waals surface area contributed by atoms with Gasteiger partial charge in [-0.3, -0.25) is 19.5 Å². The first-order valence-corrected chi connectivity index (χ1v) is 13.8. The number of fused-ring (bicyclic) bond motifs is 1. The van der Waals surface area contributed by atoms with Gasteiger partial charge in [-0.05, 0) is 80.6 Å². The molecule has 2 aromatic heterocycles. The number of carbonyl (C=O) groups is 2. The minimum atomic E-state index is 0.000753. The summed E-state index contributed by atoms with van der Waals surface area (Å²) in [6.45, 7) is 8.52. The molecule has 0 unspecified atom stereocenters. The van der Waals surface area contributed by atoms with Crippen molar-refractivity contribution in [1.29, 1.82) is 5.26 Å². The molecular formula is C29H33N5O2S. The Kier molecular flexibility index (Phi) is 9.15. The van der Waals surface area contributed by atoms with Gasteiger partial charge >= 0.3 is 0 Å². The molecule has 8 heteroatoms. The molecule has 4 rings (SSSR count). The van der Waals surface area contributed by atoms with Crippen molar-refractivity contribution < 1.29 is 9.59 Å². The lowest BCUT2D eigenvalue weighted by atomic mass is 10.1. The van der Waals surface area contributed by atoms with Crippen molar-refractivity contribution in [2.75, 3.05) is 31.9 Å². The quantitative estimate of drug-likeness (QED) is 0.291. The Hall–Kier alpha value is -3.41. The molecule has 1 aliphatic heterocycles. The zero-order chi connectivity index (χ0) is 26.2. The van der Waals surface area contributed by atoms with Gasteiger partial charge in [0.2, 0.25) is 5.91 Å². The van der Waals surface area contributed by atoms with Gasteiger partial charge in [-0.1, -0.05) is 13.0 Å². The van der Waals surface area contributed by atoms with Crippen LogP contribution in [0.4, 0.5) is 0 Å². The number of Topliss-reactive ketones (excluding diaryl/α,β-unsaturated/α-hetero) is 1. The van der Waals surface area contributed by atoms with Gasteiger partial charge in [0.05, 0.1) is 34.8 Å². The molecule has 0 radical (unpaired) electrons. The summed E-state index contributed by atoms with van der Waals surface area (Å²) >= 11 is 1.57. The topological polar surface area (TPSA) is 91.0 Å². The Bertz CT molecular complexity index is 1320. The standard InChI is InChI=1S/C29H33N5O2S/c1-3-37-16-13-31-27(36)12-9-23-17-25-29(32-19-23)28(26(35)20-33-14-5-4-6-15-33)21(2)34(25)24-10-7-22(18-30)8-11-24/h3,7-8,10-11,17,19H,1,4-6,9,12-16,20H2,2H3,(H,31,36). The predicted molar refractivity (Wildman–Crippen MR) is 149 cm³/mol. The van der Waals surface area contributed by atoms with Gasteiger partial charge in [0, 0.05) is 36.3 Å². The van der Waals surface area contributed by atoms with E-state index in [1.165, 1.54) is 6.42 Å². The maximum absolute atomic E-state index is 13.5. The number of carbonyl (C=O) groups excluding carboxylic acids is 2. The summed E-state index contributed by atoms with van der Waals surface area (Å²) in [5.41, 5.74) is 5.39. The van der Waals surface area contributed by atoms with Gasteiger partial charge in [-0.15, -0.1) is 11.8 Å². The molecule has 3 aromatic rings. The highest BCUT2D eigenvalue weighted by molar-refractivity contribution is 8.02. The average molecular weight is 516 g/mol. The van der Waals surface area contributed by atoms with Crippen LogP contribution >= 0.6 is 11.8 Å². The summed E-state index contributed by atoms with van der Waals surface area (Å²) in [6, 6.07) is 11.5. The molecule has 0 atom stereocenters. The predicted octanol–water partition coefficient (Wildman–Crippen LogP) is 4.80. The molecular weight excluding hydrogens is 482 g/mol. The van der Waals surface area contributed by atoms with Crippen LogP contribution in [0.5, 0.6) is 0 Å². The summed E-state index contributed by atoms with van der Waals surface area (Å²) in [6.07, 6.45) is 6.17. The van der Waals surface area contributed by atoms with Gasteiger partial charge in [0.1, 0.15) is 0 Å². The van der Waals surface area contributed by atoms with Crippen LogP contribution in [0.3, 0.4) is 0 Å². The lowest BCUT2D eigenvalue weighted by Crippen LogP contribution is -2.34. The van der Waals surface area contributed by atoms with Gasteiger partial charge in [-0.2, -0.15) is 5.26 Å². The number of hydrogen-bond donors (Lipinski definition) is 1. The maximum Gasteiger partial charge on any atom is 0.220 e. The highest BCUT2D eigenvalue weighted by Gasteiger charge is 2.24. The number of nitrogens with zero attached hydrogens (tertiary/aromatic N) is 4. The zero-order valence-electron chi connectivity index (χ0n) is 21.3. The normalized spacial score (nSPS) is 13.8. The van der Waals surface area contributed by atoms with Gasteiger partial charge in [0.25, 0.3) is 0 Å². The number of nitrogens with one attached hydrogen (secondary N) is 1. The summed E-state index contributed by atoms with van der Waals surface area (Å²) in [5.74, 6) is 0.878. The highest BCUT2D eigenvalue weighted by atomic mass is 32.2. The molecule has 1 N–H and O–H groups in total. The van der Waals surface area contributed by atoms with Crippen molar-refractivity contribution in [3.05, 3.63) is 70.9 Å². The van der Waals surface area contributed by atoms with E-state index in [9.17, 15) is 14.9 Å². The maximum atomic E-state index is 13.5. The fourth-order valence-electron chi connectivity index (χ4n) is 4.89. The monoisotopic (exact) mass is 515 g/mol. The van der Waals surface area contributed by atoms with E-state index < -0.39 is 0 Å². The fourth-order valence-corrected chi connectivity index (χ4v) is 5.28. The van der Waals surface area contributed by atoms with Crippen molar-refractivity contribution >= 4 is 34.5 Å². The molecule has 0 saturated carbocycles. The number of ketones is 1. The molecule has 0 bridgehead atoms. The molecule has 7 nitrogen and oxygen atoms in total. The number of rotatable bonds is 11. The summed E-state index contributed by atoms with van der Waals surface area (Å²) < 4.78 is 2.04. The molecule has 1 aliphatic rings. The van der Waals surface area contributed by atoms with Crippen molar-refractivity contribution in [2.45, 2.75) is 39.0 Å². The summed E-state index contributed by atoms with van der Waals surface area (Å²) in [7, 11) is 0. The van der Waals surface area contributed by atoms with E-state index in [2.05, 4.69) is 22.9 Å². The molecule has 1 amide bonds. The van der Waals surface area contributed by atoms with Crippen LogP contribution in [0.1, 0.15) is 52.9 Å². The molecule has 192 valence electrons. The van der Waals surface area contributed by atoms with Gasteiger partial charge in [-0.25, -0.2) is 0 Å². The van der Waals surface area contributed by atoms with Crippen LogP contribution < -0.4 is 5.32 Å². The zero-order valence-corrected chi connectivity index (χ0v) is 22.1. The van der Waals surface area contributed by atoms with E-state index in [-0.39, 0.29) is 11.7 Å². The Balaban J connectivity index is 1.64. The third-order valence-corrected chi connectivity index (χ3v) is 7.42. The van der Waals surface area contributed by atoms with E-state index >= 15 is 0 Å². The first-order chi connectivity index (χ1) is 18.0. The Labute approximate surface area is 222 Å². The summed E-state index contributed by atoms with van der Waals surface area (Å²) in [4.78, 5) is 32.8. The Morgan fingerprint density at radius 3 is 2.68 bits per heavy atom. The third kappa shape index (κ3) is 6.48. The fraction of sp³-hybridized carbons (Fsp3) is 0.379. The van der Waals surface area contributed by atoms with Crippen molar-refractivity contribution in [3.63, 3.8) is 0 Å². The molecule has 1 saturated heterocycles. The second-order valence-electron chi connectivity index (χ2n) is 9.31. The van der Waals surface area contributed by atoms with E-state index in [0.29, 0.717) is 42.6 Å². The molecule has 37 heavy (non-hydrogen) atoms. The number of nitriles is 1. The number of likely N-dealkylation sites (tertiary alicyclic amines) is 1. The number of pyridine rings is 1. The van der Waals surface area contributed by atoms with Crippen LogP contribution in [-0.4, -0.2) is 58.1 Å². The molecule has 3 heterocycles. The van der Waals surface area contributed by atoms with Crippen LogP contribution in [0.2, 0.25) is 0 Å². The van der Waals surface area contributed by atoms with Gasteiger partial charge < -0.3 is 9.88 Å². The minimum absolute atomic E-state index is 0.000753. The number of aryl methyl sites for hydroxylation is 1. The van der Waals surface area contributed by atoms with Crippen LogP contribution in [0.25, 0.3) is 16.7 Å². The molecule has 1 fully saturated rings. The second kappa shape index (κ2) is 12.7. The van der Waals surface area contributed by atoms with Gasteiger partial charge in [0.15, 0.2) is 5.78 Å². The van der Waals surface area contributed by atoms with Crippen LogP contribution in [-0.2, 0) is 11.2 Å². The van der Waals surface area contributed by atoms with E-state index in [4.69, 9.17) is 4.98 Å². The number of amides is 1. The number of benzene rings is 1. The molecule has 0 spiro atoms. The van der Waals surface area contributed by atoms with Crippen LogP contribution in [0.15, 0.2) is 48.5 Å².